The third-order valence-electron chi connectivity index (χ3n) is 2.65. The number of aryl methyl sites for hydroxylation is 2. The van der Waals surface area contributed by atoms with Crippen LogP contribution in [0.1, 0.15) is 5.56 Å². The number of nitrogens with zero attached hydrogens (tertiary/aromatic N) is 4. The summed E-state index contributed by atoms with van der Waals surface area (Å²) in [5.74, 6) is 1.14. The lowest BCUT2D eigenvalue weighted by molar-refractivity contribution is 0.625. The van der Waals surface area contributed by atoms with Gasteiger partial charge in [0.05, 0.1) is 6.54 Å². The molecule has 0 saturated heterocycles. The Labute approximate surface area is 108 Å². The Bertz CT molecular complexity index is 560. The molecule has 7 heteroatoms. The molecule has 0 saturated carbocycles. The van der Waals surface area contributed by atoms with Gasteiger partial charge in [-0.05, 0) is 29.0 Å². The Kier molecular flexibility index (Phi) is 3.71. The molecule has 1 aromatic heterocycles. The van der Waals surface area contributed by atoms with Gasteiger partial charge in [0.25, 0.3) is 0 Å². The minimum atomic E-state index is -0.873. The number of anilines is 1. The number of aromatic nitrogens is 4. The fourth-order valence-electron chi connectivity index (χ4n) is 1.75. The predicted octanol–water partition coefficient (Wildman–Crippen LogP) is 0.609. The summed E-state index contributed by atoms with van der Waals surface area (Å²) in [5.41, 5.74) is 8.47. The van der Waals surface area contributed by atoms with Crippen LogP contribution in [0.15, 0.2) is 18.2 Å². The van der Waals surface area contributed by atoms with Gasteiger partial charge >= 0.3 is 0 Å². The second-order valence-electron chi connectivity index (χ2n) is 4.04. The van der Waals surface area contributed by atoms with E-state index in [-0.39, 0.29) is 0 Å². The molecular weight excluding hydrogens is 250 g/mol. The Hall–Kier alpha value is -1.76. The van der Waals surface area contributed by atoms with Gasteiger partial charge in [0, 0.05) is 34.1 Å². The van der Waals surface area contributed by atoms with E-state index in [4.69, 9.17) is 5.73 Å². The van der Waals surface area contributed by atoms with Crippen molar-refractivity contribution >= 4 is 16.5 Å². The van der Waals surface area contributed by atoms with Crippen molar-refractivity contribution in [1.29, 1.82) is 0 Å². The van der Waals surface area contributed by atoms with Gasteiger partial charge in [-0.3, -0.25) is 4.21 Å². The van der Waals surface area contributed by atoms with Gasteiger partial charge in [-0.2, -0.15) is 0 Å². The first-order valence-electron chi connectivity index (χ1n) is 5.51. The molecule has 0 aliphatic rings. The molecule has 18 heavy (non-hydrogen) atoms. The van der Waals surface area contributed by atoms with Gasteiger partial charge in [0.1, 0.15) is 0 Å². The second-order valence-corrected chi connectivity index (χ2v) is 5.60. The summed E-state index contributed by atoms with van der Waals surface area (Å²) in [7, 11) is -0.873. The Morgan fingerprint density at radius 1 is 1.44 bits per heavy atom. The minimum absolute atomic E-state index is 0.513. The molecule has 0 amide bonds. The summed E-state index contributed by atoms with van der Waals surface area (Å²) in [4.78, 5) is 0. The molecule has 2 N–H and O–H groups in total. The average molecular weight is 265 g/mol. The molecule has 0 radical (unpaired) electrons. The van der Waals surface area contributed by atoms with Gasteiger partial charge in [-0.1, -0.05) is 12.1 Å². The van der Waals surface area contributed by atoms with E-state index in [1.165, 1.54) is 0 Å². The third kappa shape index (κ3) is 2.56. The first-order valence-corrected chi connectivity index (χ1v) is 7.24. The Morgan fingerprint density at radius 2 is 2.22 bits per heavy atom. The number of hydrogen-bond donors (Lipinski definition) is 1. The van der Waals surface area contributed by atoms with E-state index in [1.807, 2.05) is 25.1 Å². The highest BCUT2D eigenvalue weighted by Crippen LogP contribution is 2.26. The van der Waals surface area contributed by atoms with Crippen LogP contribution in [0, 0.1) is 6.92 Å². The summed E-state index contributed by atoms with van der Waals surface area (Å²) in [6, 6.07) is 5.67. The van der Waals surface area contributed by atoms with E-state index in [1.54, 1.807) is 10.9 Å². The van der Waals surface area contributed by atoms with Crippen LogP contribution in [-0.2, 0) is 17.3 Å². The van der Waals surface area contributed by atoms with Crippen molar-refractivity contribution in [3.8, 4) is 11.4 Å². The molecular formula is C11H15N5OS. The molecule has 1 unspecified atom stereocenters. The standard InChI is InChI=1S/C11H15N5OS/c1-8-4-3-5-9(12)10(8)11-13-14-15-16(11)6-7-18(2)17/h3-5H,6-7,12H2,1-2H3. The van der Waals surface area contributed by atoms with Gasteiger partial charge < -0.3 is 5.73 Å². The van der Waals surface area contributed by atoms with Gasteiger partial charge in [-0.25, -0.2) is 4.68 Å². The molecule has 0 spiro atoms. The molecule has 0 fully saturated rings. The largest absolute Gasteiger partial charge is 0.398 e. The molecule has 0 bridgehead atoms. The number of benzene rings is 1. The first-order chi connectivity index (χ1) is 8.59. The molecule has 0 aliphatic heterocycles. The quantitative estimate of drug-likeness (QED) is 0.818. The van der Waals surface area contributed by atoms with E-state index < -0.39 is 10.8 Å². The van der Waals surface area contributed by atoms with E-state index in [0.29, 0.717) is 23.8 Å². The van der Waals surface area contributed by atoms with Crippen molar-refractivity contribution < 1.29 is 4.21 Å². The van der Waals surface area contributed by atoms with Gasteiger partial charge in [0.2, 0.25) is 0 Å². The second kappa shape index (κ2) is 5.26. The molecule has 2 aromatic rings. The fraction of sp³-hybridized carbons (Fsp3) is 0.364. The molecule has 1 aromatic carbocycles. The normalized spacial score (nSPS) is 12.6. The highest BCUT2D eigenvalue weighted by atomic mass is 32.2. The minimum Gasteiger partial charge on any atom is -0.398 e. The van der Waals surface area contributed by atoms with Crippen molar-refractivity contribution in [1.82, 2.24) is 20.2 Å². The number of nitrogens with two attached hydrogens (primary N) is 1. The summed E-state index contributed by atoms with van der Waals surface area (Å²) in [5, 5.41) is 11.6. The van der Waals surface area contributed by atoms with Crippen LogP contribution in [0.4, 0.5) is 5.69 Å². The van der Waals surface area contributed by atoms with Gasteiger partial charge in [-0.15, -0.1) is 5.10 Å². The summed E-state index contributed by atoms with van der Waals surface area (Å²) in [6.07, 6.45) is 1.66. The number of nitrogen functional groups attached to an aromatic ring is 1. The Morgan fingerprint density at radius 3 is 2.89 bits per heavy atom. The maximum atomic E-state index is 11.1. The maximum absolute atomic E-state index is 11.1. The van der Waals surface area contributed by atoms with E-state index in [9.17, 15) is 4.21 Å². The van der Waals surface area contributed by atoms with Crippen LogP contribution in [0.5, 0.6) is 0 Å². The van der Waals surface area contributed by atoms with Crippen molar-refractivity contribution in [2.45, 2.75) is 13.5 Å². The van der Waals surface area contributed by atoms with Crippen LogP contribution in [0.25, 0.3) is 11.4 Å². The van der Waals surface area contributed by atoms with Crippen molar-refractivity contribution in [3.63, 3.8) is 0 Å². The maximum Gasteiger partial charge on any atom is 0.184 e. The lowest BCUT2D eigenvalue weighted by Crippen LogP contribution is -2.10. The van der Waals surface area contributed by atoms with Crippen LogP contribution in [-0.4, -0.2) is 36.4 Å². The van der Waals surface area contributed by atoms with Crippen molar-refractivity contribution in [3.05, 3.63) is 23.8 Å². The molecule has 6 nitrogen and oxygen atoms in total. The van der Waals surface area contributed by atoms with Crippen LogP contribution in [0.2, 0.25) is 0 Å². The predicted molar refractivity (Wildman–Crippen MR) is 71.3 cm³/mol. The first kappa shape index (κ1) is 12.7. The number of hydrogen-bond acceptors (Lipinski definition) is 5. The van der Waals surface area contributed by atoms with E-state index >= 15 is 0 Å². The van der Waals surface area contributed by atoms with Crippen LogP contribution in [0.3, 0.4) is 0 Å². The Balaban J connectivity index is 2.39. The zero-order chi connectivity index (χ0) is 13.1. The van der Waals surface area contributed by atoms with E-state index in [0.717, 1.165) is 11.1 Å². The van der Waals surface area contributed by atoms with Crippen molar-refractivity contribution in [2.24, 2.45) is 0 Å². The zero-order valence-corrected chi connectivity index (χ0v) is 11.1. The summed E-state index contributed by atoms with van der Waals surface area (Å²) >= 11 is 0. The number of tetrazole rings is 1. The highest BCUT2D eigenvalue weighted by molar-refractivity contribution is 7.84. The van der Waals surface area contributed by atoms with E-state index in [2.05, 4.69) is 15.5 Å². The third-order valence-corrected chi connectivity index (χ3v) is 3.41. The van der Waals surface area contributed by atoms with Crippen LogP contribution >= 0.6 is 0 Å². The monoisotopic (exact) mass is 265 g/mol. The SMILES string of the molecule is Cc1cccc(N)c1-c1nnnn1CCS(C)=O. The highest BCUT2D eigenvalue weighted by Gasteiger charge is 2.14. The molecule has 0 aliphatic carbocycles. The van der Waals surface area contributed by atoms with Crippen molar-refractivity contribution in [2.75, 3.05) is 17.7 Å². The lowest BCUT2D eigenvalue weighted by atomic mass is 10.1. The van der Waals surface area contributed by atoms with Crippen LogP contribution < -0.4 is 5.73 Å². The molecule has 96 valence electrons. The lowest BCUT2D eigenvalue weighted by Gasteiger charge is -2.09. The fourth-order valence-corrected chi connectivity index (χ4v) is 2.18. The summed E-state index contributed by atoms with van der Waals surface area (Å²) < 4.78 is 12.8. The topological polar surface area (TPSA) is 86.7 Å². The molecule has 1 atom stereocenters. The average Bonchev–Trinajstić information content (AvgIpc) is 2.74. The van der Waals surface area contributed by atoms with Gasteiger partial charge in [0.15, 0.2) is 5.82 Å². The molecule has 1 heterocycles. The zero-order valence-electron chi connectivity index (χ0n) is 10.3. The summed E-state index contributed by atoms with van der Waals surface area (Å²) in [6.45, 7) is 2.47. The molecule has 2 rings (SSSR count). The smallest absolute Gasteiger partial charge is 0.184 e. The number of rotatable bonds is 4.